The third-order valence-corrected chi connectivity index (χ3v) is 4.44. The van der Waals surface area contributed by atoms with Gasteiger partial charge in [0.15, 0.2) is 0 Å². The highest BCUT2D eigenvalue weighted by Crippen LogP contribution is 2.29. The molecule has 0 radical (unpaired) electrons. The van der Waals surface area contributed by atoms with Crippen molar-refractivity contribution in [2.45, 2.75) is 31.4 Å². The third kappa shape index (κ3) is 2.77. The maximum absolute atomic E-state index is 9.69. The standard InChI is InChI=1S/C17H19N5O/c18-16-7-15(21-12-1-2-13(23)6-12)17-14(22-16)5-11(9-20-17)10-3-4-19-8-10/h3-5,7,9,12-13,23H,1-2,6,8H2,(H3,18,21,22)/t12-,13-/m1/s1. The fourth-order valence-corrected chi connectivity index (χ4v) is 3.26. The van der Waals surface area contributed by atoms with Crippen molar-refractivity contribution in [3.63, 3.8) is 0 Å². The van der Waals surface area contributed by atoms with Crippen LogP contribution in [0.1, 0.15) is 24.8 Å². The summed E-state index contributed by atoms with van der Waals surface area (Å²) in [4.78, 5) is 13.2. The topological polar surface area (TPSA) is 96.4 Å². The first kappa shape index (κ1) is 14.1. The summed E-state index contributed by atoms with van der Waals surface area (Å²) in [7, 11) is 0. The van der Waals surface area contributed by atoms with Crippen LogP contribution in [0.15, 0.2) is 29.4 Å². The minimum absolute atomic E-state index is 0.216. The van der Waals surface area contributed by atoms with Crippen LogP contribution in [0.3, 0.4) is 0 Å². The van der Waals surface area contributed by atoms with Crippen molar-refractivity contribution in [2.24, 2.45) is 4.99 Å². The lowest BCUT2D eigenvalue weighted by molar-refractivity contribution is 0.182. The molecule has 0 amide bonds. The summed E-state index contributed by atoms with van der Waals surface area (Å²) in [6.45, 7) is 0.681. The van der Waals surface area contributed by atoms with Crippen molar-refractivity contribution in [3.8, 4) is 0 Å². The van der Waals surface area contributed by atoms with E-state index in [1.165, 1.54) is 0 Å². The van der Waals surface area contributed by atoms with E-state index in [-0.39, 0.29) is 12.1 Å². The first-order chi connectivity index (χ1) is 11.2. The number of nitrogen functional groups attached to an aromatic ring is 1. The second-order valence-electron chi connectivity index (χ2n) is 6.18. The number of aromatic nitrogens is 2. The van der Waals surface area contributed by atoms with Crippen LogP contribution in [-0.4, -0.2) is 40.0 Å². The van der Waals surface area contributed by atoms with Crippen LogP contribution in [0.4, 0.5) is 11.5 Å². The Hall–Kier alpha value is -2.47. The van der Waals surface area contributed by atoms with Crippen LogP contribution in [0.2, 0.25) is 0 Å². The van der Waals surface area contributed by atoms with Gasteiger partial charge in [-0.1, -0.05) is 0 Å². The molecule has 6 heteroatoms. The Balaban J connectivity index is 1.70. The zero-order valence-corrected chi connectivity index (χ0v) is 12.7. The first-order valence-corrected chi connectivity index (χ1v) is 7.89. The summed E-state index contributed by atoms with van der Waals surface area (Å²) in [6.07, 6.45) is 7.99. The van der Waals surface area contributed by atoms with E-state index in [4.69, 9.17) is 5.73 Å². The van der Waals surface area contributed by atoms with Gasteiger partial charge in [-0.05, 0) is 37.0 Å². The fourth-order valence-electron chi connectivity index (χ4n) is 3.26. The van der Waals surface area contributed by atoms with Gasteiger partial charge in [-0.25, -0.2) is 4.98 Å². The molecule has 2 atom stereocenters. The summed E-state index contributed by atoms with van der Waals surface area (Å²) < 4.78 is 0. The minimum atomic E-state index is -0.216. The Labute approximate surface area is 134 Å². The van der Waals surface area contributed by atoms with E-state index in [0.717, 1.165) is 47.1 Å². The summed E-state index contributed by atoms with van der Waals surface area (Å²) >= 11 is 0. The van der Waals surface area contributed by atoms with Gasteiger partial charge in [-0.2, -0.15) is 0 Å². The number of nitrogens with two attached hydrogens (primary N) is 1. The maximum Gasteiger partial charge on any atom is 0.126 e. The molecule has 0 bridgehead atoms. The molecule has 1 saturated carbocycles. The number of hydrogen-bond donors (Lipinski definition) is 3. The molecule has 2 aliphatic rings. The highest BCUT2D eigenvalue weighted by atomic mass is 16.3. The molecule has 3 heterocycles. The van der Waals surface area contributed by atoms with Crippen LogP contribution >= 0.6 is 0 Å². The average Bonchev–Trinajstić information content (AvgIpc) is 3.18. The molecule has 6 nitrogen and oxygen atoms in total. The lowest BCUT2D eigenvalue weighted by Gasteiger charge is -2.16. The summed E-state index contributed by atoms with van der Waals surface area (Å²) in [5.41, 5.74) is 10.6. The maximum atomic E-state index is 9.69. The van der Waals surface area contributed by atoms with Gasteiger partial charge in [0.25, 0.3) is 0 Å². The molecule has 1 fully saturated rings. The monoisotopic (exact) mass is 309 g/mol. The zero-order valence-electron chi connectivity index (χ0n) is 12.7. The summed E-state index contributed by atoms with van der Waals surface area (Å²) in [5.74, 6) is 0.467. The van der Waals surface area contributed by atoms with Gasteiger partial charge in [-0.3, -0.25) is 9.98 Å². The molecular weight excluding hydrogens is 290 g/mol. The van der Waals surface area contributed by atoms with Crippen LogP contribution < -0.4 is 11.1 Å². The highest BCUT2D eigenvalue weighted by molar-refractivity contribution is 5.94. The normalized spacial score (nSPS) is 23.4. The van der Waals surface area contributed by atoms with Crippen molar-refractivity contribution < 1.29 is 5.11 Å². The van der Waals surface area contributed by atoms with Crippen molar-refractivity contribution in [1.29, 1.82) is 0 Å². The molecule has 0 unspecified atom stereocenters. The fraction of sp³-hybridized carbons (Fsp3) is 0.353. The number of fused-ring (bicyclic) bond motifs is 1. The lowest BCUT2D eigenvalue weighted by Crippen LogP contribution is -2.17. The third-order valence-electron chi connectivity index (χ3n) is 4.44. The van der Waals surface area contributed by atoms with E-state index < -0.39 is 0 Å². The average molecular weight is 309 g/mol. The smallest absolute Gasteiger partial charge is 0.126 e. The van der Waals surface area contributed by atoms with E-state index in [1.54, 1.807) is 0 Å². The first-order valence-electron chi connectivity index (χ1n) is 7.89. The van der Waals surface area contributed by atoms with Crippen molar-refractivity contribution in [2.75, 3.05) is 17.6 Å². The molecule has 0 spiro atoms. The molecular formula is C17H19N5O. The number of pyridine rings is 2. The number of anilines is 2. The molecule has 1 aliphatic carbocycles. The van der Waals surface area contributed by atoms with Gasteiger partial charge < -0.3 is 16.2 Å². The Morgan fingerprint density at radius 2 is 2.17 bits per heavy atom. The van der Waals surface area contributed by atoms with Crippen molar-refractivity contribution in [3.05, 3.63) is 30.0 Å². The highest BCUT2D eigenvalue weighted by Gasteiger charge is 2.23. The number of aliphatic hydroxyl groups excluding tert-OH is 1. The number of nitrogens with zero attached hydrogens (tertiary/aromatic N) is 3. The summed E-state index contributed by atoms with van der Waals surface area (Å²) in [5, 5.41) is 13.2. The lowest BCUT2D eigenvalue weighted by atomic mass is 10.1. The SMILES string of the molecule is Nc1cc(N[C@@H]2CC[C@@H](O)C2)c2ncc(C3=CC=NC3)cc2n1. The van der Waals surface area contributed by atoms with E-state index in [0.29, 0.717) is 12.4 Å². The van der Waals surface area contributed by atoms with Crippen LogP contribution in [0.5, 0.6) is 0 Å². The minimum Gasteiger partial charge on any atom is -0.393 e. The Morgan fingerprint density at radius 1 is 1.26 bits per heavy atom. The number of aliphatic hydroxyl groups is 1. The van der Waals surface area contributed by atoms with E-state index in [9.17, 15) is 5.11 Å². The van der Waals surface area contributed by atoms with Crippen LogP contribution in [-0.2, 0) is 0 Å². The van der Waals surface area contributed by atoms with Crippen LogP contribution in [0.25, 0.3) is 16.6 Å². The molecule has 118 valence electrons. The largest absolute Gasteiger partial charge is 0.393 e. The number of allylic oxidation sites excluding steroid dienone is 1. The van der Waals surface area contributed by atoms with Gasteiger partial charge in [0, 0.05) is 30.1 Å². The molecule has 0 aromatic carbocycles. The van der Waals surface area contributed by atoms with E-state index >= 15 is 0 Å². The number of rotatable bonds is 3. The van der Waals surface area contributed by atoms with Gasteiger partial charge in [0.1, 0.15) is 11.3 Å². The van der Waals surface area contributed by atoms with E-state index in [2.05, 4.69) is 20.3 Å². The second kappa shape index (κ2) is 5.62. The Kier molecular flexibility index (Phi) is 3.46. The second-order valence-corrected chi connectivity index (χ2v) is 6.18. The van der Waals surface area contributed by atoms with Crippen molar-refractivity contribution >= 4 is 34.3 Å². The van der Waals surface area contributed by atoms with Gasteiger partial charge in [0.05, 0.1) is 23.9 Å². The molecule has 4 rings (SSSR count). The van der Waals surface area contributed by atoms with Gasteiger partial charge in [0.2, 0.25) is 0 Å². The molecule has 2 aromatic heterocycles. The zero-order chi connectivity index (χ0) is 15.8. The summed E-state index contributed by atoms with van der Waals surface area (Å²) in [6, 6.07) is 4.08. The van der Waals surface area contributed by atoms with Gasteiger partial charge in [-0.15, -0.1) is 0 Å². The Bertz CT molecular complexity index is 814. The van der Waals surface area contributed by atoms with Gasteiger partial charge >= 0.3 is 0 Å². The molecule has 0 saturated heterocycles. The molecule has 1 aliphatic heterocycles. The van der Waals surface area contributed by atoms with Crippen molar-refractivity contribution in [1.82, 2.24) is 9.97 Å². The molecule has 23 heavy (non-hydrogen) atoms. The number of hydrogen-bond acceptors (Lipinski definition) is 6. The quantitative estimate of drug-likeness (QED) is 0.806. The Morgan fingerprint density at radius 3 is 2.91 bits per heavy atom. The number of nitrogens with one attached hydrogen (secondary N) is 1. The van der Waals surface area contributed by atoms with Crippen LogP contribution in [0, 0.1) is 0 Å². The predicted molar refractivity (Wildman–Crippen MR) is 92.6 cm³/mol. The predicted octanol–water partition coefficient (Wildman–Crippen LogP) is 2.01. The molecule has 4 N–H and O–H groups in total. The van der Waals surface area contributed by atoms with E-state index in [1.807, 2.05) is 30.6 Å². The number of aliphatic imine (C=N–C) groups is 1. The molecule has 2 aromatic rings.